The largest absolute Gasteiger partial charge is 0.494 e. The zero-order valence-corrected chi connectivity index (χ0v) is 19.3. The average molecular weight is 441 g/mol. The van der Waals surface area contributed by atoms with Gasteiger partial charge < -0.3 is 9.64 Å². The van der Waals surface area contributed by atoms with Gasteiger partial charge in [-0.25, -0.2) is 4.39 Å². The molecule has 2 aromatic rings. The summed E-state index contributed by atoms with van der Waals surface area (Å²) in [5, 5.41) is 0. The highest BCUT2D eigenvalue weighted by molar-refractivity contribution is 5.80. The number of methoxy groups -OCH3 is 1. The minimum Gasteiger partial charge on any atom is -0.494 e. The van der Waals surface area contributed by atoms with Crippen molar-refractivity contribution >= 4 is 11.7 Å². The van der Waals surface area contributed by atoms with E-state index in [-0.39, 0.29) is 23.9 Å². The fourth-order valence-electron chi connectivity index (χ4n) is 4.34. The van der Waals surface area contributed by atoms with Gasteiger partial charge in [-0.15, -0.1) is 0 Å². The molecule has 0 saturated heterocycles. The molecule has 0 spiro atoms. The first-order valence-corrected chi connectivity index (χ1v) is 11.4. The molecule has 0 bridgehead atoms. The molecule has 172 valence electrons. The zero-order valence-electron chi connectivity index (χ0n) is 19.3. The number of Topliss-reactive ketones (excluding diaryl/α,β-unsaturated/α-hetero) is 1. The fourth-order valence-corrected chi connectivity index (χ4v) is 4.34. The third kappa shape index (κ3) is 6.15. The SMILES string of the molecule is COc1ccc([C@H](CC(C)=O)N(C)C(=O)CCCCc2ccc3c(n2)CCCC3)cc1F. The molecule has 1 atom stereocenters. The number of pyridine rings is 1. The summed E-state index contributed by atoms with van der Waals surface area (Å²) < 4.78 is 19.2. The number of rotatable bonds is 10. The summed E-state index contributed by atoms with van der Waals surface area (Å²) in [6, 6.07) is 8.40. The lowest BCUT2D eigenvalue weighted by atomic mass is 9.95. The molecule has 1 heterocycles. The number of carbonyl (C=O) groups excluding carboxylic acids is 2. The van der Waals surface area contributed by atoms with Gasteiger partial charge >= 0.3 is 0 Å². The number of ether oxygens (including phenoxy) is 1. The second-order valence-corrected chi connectivity index (χ2v) is 8.64. The van der Waals surface area contributed by atoms with E-state index in [0.29, 0.717) is 12.0 Å². The van der Waals surface area contributed by atoms with E-state index in [1.165, 1.54) is 50.3 Å². The van der Waals surface area contributed by atoms with Crippen molar-refractivity contribution in [2.75, 3.05) is 14.2 Å². The van der Waals surface area contributed by atoms with E-state index in [4.69, 9.17) is 9.72 Å². The molecule has 1 aromatic heterocycles. The lowest BCUT2D eigenvalue weighted by molar-refractivity contribution is -0.133. The summed E-state index contributed by atoms with van der Waals surface area (Å²) in [6.45, 7) is 1.48. The van der Waals surface area contributed by atoms with Gasteiger partial charge in [0.1, 0.15) is 5.78 Å². The van der Waals surface area contributed by atoms with Crippen molar-refractivity contribution in [3.05, 3.63) is 58.7 Å². The number of hydrogen-bond acceptors (Lipinski definition) is 4. The van der Waals surface area contributed by atoms with Crippen LogP contribution in [0, 0.1) is 5.82 Å². The Morgan fingerprint density at radius 2 is 1.94 bits per heavy atom. The van der Waals surface area contributed by atoms with E-state index in [9.17, 15) is 14.0 Å². The highest BCUT2D eigenvalue weighted by Crippen LogP contribution is 2.28. The number of ketones is 1. The molecule has 32 heavy (non-hydrogen) atoms. The number of fused-ring (bicyclic) bond motifs is 1. The lowest BCUT2D eigenvalue weighted by Crippen LogP contribution is -2.32. The standard InChI is InChI=1S/C26H33FN2O3/c1-18(30)16-24(20-13-15-25(32-3)22(27)17-20)29(2)26(31)11-7-5-9-21-14-12-19-8-4-6-10-23(19)28-21/h12-15,17,24H,4-11,16H2,1-3H3/t24-/m0/s1. The molecule has 0 fully saturated rings. The molecule has 1 amide bonds. The van der Waals surface area contributed by atoms with E-state index in [1.807, 2.05) is 0 Å². The number of nitrogens with zero attached hydrogens (tertiary/aromatic N) is 2. The van der Waals surface area contributed by atoms with Gasteiger partial charge in [0.2, 0.25) is 5.91 Å². The van der Waals surface area contributed by atoms with E-state index in [1.54, 1.807) is 18.0 Å². The second kappa shape index (κ2) is 11.2. The molecule has 0 N–H and O–H groups in total. The predicted octanol–water partition coefficient (Wildman–Crippen LogP) is 5.00. The number of aromatic nitrogens is 1. The Kier molecular flexibility index (Phi) is 8.37. The average Bonchev–Trinajstić information content (AvgIpc) is 2.79. The van der Waals surface area contributed by atoms with Crippen LogP contribution in [0.1, 0.15) is 74.0 Å². The van der Waals surface area contributed by atoms with Crippen LogP contribution in [0.5, 0.6) is 5.75 Å². The Labute approximate surface area is 190 Å². The maximum absolute atomic E-state index is 14.2. The van der Waals surface area contributed by atoms with E-state index >= 15 is 0 Å². The van der Waals surface area contributed by atoms with Crippen LogP contribution in [0.4, 0.5) is 4.39 Å². The van der Waals surface area contributed by atoms with Crippen LogP contribution < -0.4 is 4.74 Å². The fraction of sp³-hybridized carbons (Fsp3) is 0.500. The second-order valence-electron chi connectivity index (χ2n) is 8.64. The summed E-state index contributed by atoms with van der Waals surface area (Å²) >= 11 is 0. The van der Waals surface area contributed by atoms with Gasteiger partial charge in [-0.05, 0) is 81.2 Å². The molecular formula is C26H33FN2O3. The highest BCUT2D eigenvalue weighted by Gasteiger charge is 2.24. The Bertz CT molecular complexity index is 960. The van der Waals surface area contributed by atoms with E-state index < -0.39 is 11.9 Å². The van der Waals surface area contributed by atoms with Gasteiger partial charge in [0.15, 0.2) is 11.6 Å². The number of unbranched alkanes of at least 4 members (excludes halogenated alkanes) is 1. The minimum absolute atomic E-state index is 0.0501. The van der Waals surface area contributed by atoms with Crippen LogP contribution >= 0.6 is 0 Å². The highest BCUT2D eigenvalue weighted by atomic mass is 19.1. The van der Waals surface area contributed by atoms with Gasteiger partial charge in [-0.2, -0.15) is 0 Å². The minimum atomic E-state index is -0.503. The Balaban J connectivity index is 1.56. The Morgan fingerprint density at radius 1 is 1.16 bits per heavy atom. The van der Waals surface area contributed by atoms with E-state index in [2.05, 4.69) is 12.1 Å². The monoisotopic (exact) mass is 440 g/mol. The van der Waals surface area contributed by atoms with Crippen LogP contribution in [0.25, 0.3) is 0 Å². The first kappa shape index (κ1) is 23.9. The summed E-state index contributed by atoms with van der Waals surface area (Å²) in [6.07, 6.45) is 7.65. The van der Waals surface area contributed by atoms with Crippen molar-refractivity contribution in [2.45, 2.75) is 70.8 Å². The van der Waals surface area contributed by atoms with E-state index in [0.717, 1.165) is 37.8 Å². The molecule has 1 aliphatic carbocycles. The number of aryl methyl sites for hydroxylation is 3. The first-order chi connectivity index (χ1) is 15.4. The van der Waals surface area contributed by atoms with Crippen LogP contribution in [-0.4, -0.2) is 35.7 Å². The summed E-state index contributed by atoms with van der Waals surface area (Å²) in [4.78, 5) is 31.0. The smallest absolute Gasteiger partial charge is 0.222 e. The molecule has 6 heteroatoms. The van der Waals surface area contributed by atoms with Crippen LogP contribution in [0.2, 0.25) is 0 Å². The number of halogens is 1. The Morgan fingerprint density at radius 3 is 2.66 bits per heavy atom. The normalized spacial score (nSPS) is 13.9. The topological polar surface area (TPSA) is 59.5 Å². The molecule has 0 aliphatic heterocycles. The molecule has 0 unspecified atom stereocenters. The van der Waals surface area contributed by atoms with Crippen molar-refractivity contribution in [3.63, 3.8) is 0 Å². The molecule has 1 aliphatic rings. The number of carbonyl (C=O) groups is 2. The van der Waals surface area contributed by atoms with Crippen LogP contribution in [-0.2, 0) is 28.9 Å². The molecule has 1 aromatic carbocycles. The van der Waals surface area contributed by atoms with Gasteiger partial charge in [0, 0.05) is 31.3 Å². The van der Waals surface area contributed by atoms with Gasteiger partial charge in [0.05, 0.1) is 13.2 Å². The van der Waals surface area contributed by atoms with Gasteiger partial charge in [0.25, 0.3) is 0 Å². The zero-order chi connectivity index (χ0) is 23.1. The number of amides is 1. The first-order valence-electron chi connectivity index (χ1n) is 11.4. The third-order valence-electron chi connectivity index (χ3n) is 6.21. The summed E-state index contributed by atoms with van der Waals surface area (Å²) in [5.74, 6) is -0.465. The Hall–Kier alpha value is -2.76. The van der Waals surface area contributed by atoms with Crippen molar-refractivity contribution in [1.29, 1.82) is 0 Å². The molecule has 5 nitrogen and oxygen atoms in total. The van der Waals surface area contributed by atoms with Crippen LogP contribution in [0.3, 0.4) is 0 Å². The molecule has 0 radical (unpaired) electrons. The lowest BCUT2D eigenvalue weighted by Gasteiger charge is -2.28. The van der Waals surface area contributed by atoms with Gasteiger partial charge in [-0.3, -0.25) is 14.6 Å². The van der Waals surface area contributed by atoms with Crippen molar-refractivity contribution in [2.24, 2.45) is 0 Å². The summed E-state index contributed by atoms with van der Waals surface area (Å²) in [5.41, 5.74) is 4.30. The number of benzene rings is 1. The number of hydrogen-bond donors (Lipinski definition) is 0. The quantitative estimate of drug-likeness (QED) is 0.488. The predicted molar refractivity (Wildman–Crippen MR) is 122 cm³/mol. The summed E-state index contributed by atoms with van der Waals surface area (Å²) in [7, 11) is 3.09. The van der Waals surface area contributed by atoms with Crippen LogP contribution in [0.15, 0.2) is 30.3 Å². The molecular weight excluding hydrogens is 407 g/mol. The third-order valence-corrected chi connectivity index (χ3v) is 6.21. The van der Waals surface area contributed by atoms with Crippen molar-refractivity contribution in [1.82, 2.24) is 9.88 Å². The van der Waals surface area contributed by atoms with Crippen molar-refractivity contribution in [3.8, 4) is 5.75 Å². The molecule has 3 rings (SSSR count). The maximum atomic E-state index is 14.2. The van der Waals surface area contributed by atoms with Gasteiger partial charge in [-0.1, -0.05) is 12.1 Å². The van der Waals surface area contributed by atoms with Crippen molar-refractivity contribution < 1.29 is 18.7 Å². The maximum Gasteiger partial charge on any atom is 0.222 e. The molecule has 0 saturated carbocycles.